The number of likely N-dealkylation sites (tertiary alicyclic amines) is 2. The van der Waals surface area contributed by atoms with E-state index in [9.17, 15) is 45.8 Å². The normalized spacial score (nSPS) is 22.0. The molecule has 0 radical (unpaired) electrons. The van der Waals surface area contributed by atoms with E-state index in [-0.39, 0.29) is 64.1 Å². The van der Waals surface area contributed by atoms with Gasteiger partial charge in [-0.3, -0.25) is 19.4 Å². The predicted octanol–water partition coefficient (Wildman–Crippen LogP) is 7.90. The number of rotatable bonds is 13. The highest BCUT2D eigenvalue weighted by molar-refractivity contribution is 7.10. The third-order valence-electron chi connectivity index (χ3n) is 11.3. The van der Waals surface area contributed by atoms with E-state index in [2.05, 4.69) is 4.98 Å². The van der Waals surface area contributed by atoms with Crippen molar-refractivity contribution >= 4 is 29.1 Å². The summed E-state index contributed by atoms with van der Waals surface area (Å²) in [6.07, 6.45) is -4.44. The maximum Gasteiger partial charge on any atom is 0.425 e. The van der Waals surface area contributed by atoms with Crippen molar-refractivity contribution < 1.29 is 55.3 Å². The number of hydrogen-bond donors (Lipinski definition) is 2. The molecule has 3 N–H and O–H groups in total. The topological polar surface area (TPSA) is 135 Å². The summed E-state index contributed by atoms with van der Waals surface area (Å²) >= 11 is 0.382. The van der Waals surface area contributed by atoms with Crippen molar-refractivity contribution in [3.8, 4) is 11.5 Å². The van der Waals surface area contributed by atoms with E-state index in [0.717, 1.165) is 23.8 Å². The molecule has 2 aromatic heterocycles. The van der Waals surface area contributed by atoms with Crippen LogP contribution in [0.3, 0.4) is 0 Å². The Morgan fingerprint density at radius 1 is 1.00 bits per heavy atom. The Morgan fingerprint density at radius 3 is 2.34 bits per heavy atom. The maximum atomic E-state index is 15.0. The Labute approximate surface area is 324 Å². The Hall–Kier alpha value is -4.38. The summed E-state index contributed by atoms with van der Waals surface area (Å²) in [7, 11) is 0. The number of ether oxygens (including phenoxy) is 2. The number of carbonyl (C=O) groups excluding carboxylic acids is 2. The lowest BCUT2D eigenvalue weighted by molar-refractivity contribution is -0.161. The number of piperidine rings is 2. The van der Waals surface area contributed by atoms with Gasteiger partial charge in [0.2, 0.25) is 5.60 Å². The van der Waals surface area contributed by atoms with Gasteiger partial charge in [0.25, 0.3) is 11.8 Å². The second-order valence-corrected chi connectivity index (χ2v) is 15.9. The summed E-state index contributed by atoms with van der Waals surface area (Å²) in [6, 6.07) is 7.56. The molecule has 0 spiro atoms. The Bertz CT molecular complexity index is 1910. The number of amides is 2. The first-order valence-corrected chi connectivity index (χ1v) is 19.5. The van der Waals surface area contributed by atoms with Crippen LogP contribution >= 0.6 is 11.3 Å². The minimum Gasteiger partial charge on any atom is -0.493 e. The van der Waals surface area contributed by atoms with Crippen LogP contribution in [0, 0.1) is 5.41 Å². The van der Waals surface area contributed by atoms with Gasteiger partial charge in [0.05, 0.1) is 29.2 Å². The molecule has 2 aliphatic heterocycles. The van der Waals surface area contributed by atoms with Gasteiger partial charge in [0.1, 0.15) is 16.4 Å². The van der Waals surface area contributed by atoms with Crippen LogP contribution in [0.1, 0.15) is 97.5 Å². The van der Waals surface area contributed by atoms with Crippen molar-refractivity contribution in [3.05, 3.63) is 75.7 Å². The molecule has 1 aromatic carbocycles. The van der Waals surface area contributed by atoms with E-state index in [4.69, 9.17) is 15.2 Å². The van der Waals surface area contributed by atoms with Gasteiger partial charge in [-0.15, -0.1) is 11.3 Å². The zero-order valence-corrected chi connectivity index (χ0v) is 31.6. The average Bonchev–Trinajstić information content (AvgIpc) is 3.81. The molecule has 3 aromatic rings. The zero-order chi connectivity index (χ0) is 40.5. The molecule has 10 nitrogen and oxygen atoms in total. The molecule has 2 atom stereocenters. The van der Waals surface area contributed by atoms with Crippen LogP contribution in [0.15, 0.2) is 54.2 Å². The van der Waals surface area contributed by atoms with Gasteiger partial charge in [-0.1, -0.05) is 31.5 Å². The van der Waals surface area contributed by atoms with E-state index in [0.29, 0.717) is 60.8 Å². The highest BCUT2D eigenvalue weighted by Crippen LogP contribution is 2.50. The van der Waals surface area contributed by atoms with Gasteiger partial charge in [0.15, 0.2) is 0 Å². The molecular weight excluding hydrogens is 767 g/mol. The number of carbonyl (C=O) groups is 3. The Balaban J connectivity index is 1.27. The van der Waals surface area contributed by atoms with Crippen LogP contribution in [0.4, 0.5) is 26.3 Å². The van der Waals surface area contributed by atoms with Crippen molar-refractivity contribution in [3.63, 3.8) is 0 Å². The number of pyridine rings is 1. The van der Waals surface area contributed by atoms with Crippen LogP contribution < -0.4 is 15.2 Å². The van der Waals surface area contributed by atoms with E-state index in [1.54, 1.807) is 19.1 Å². The second kappa shape index (κ2) is 15.9. The van der Waals surface area contributed by atoms with Gasteiger partial charge >= 0.3 is 18.3 Å². The standard InChI is InChI=1S/C39H44F6N4O6S/c1-2-7-30-37(55-25-22-31(56-24-25)39(43,44)45,12-5-18-49(30)32(50)26-23-47-17-10-27(26)38(40,41)42)33(51)48-19-15-36(46,16-20-48)28-8-3-4-9-29(28)54-21-6-11-35(13-14-35)34(52)53/h3-4,8-10,17,22-24,30H,2,5-7,11-16,18-21,46H2,1H3,(H,52,53)/t30-,37+/m1/s1. The number of carboxylic acid groups (broad SMARTS) is 1. The lowest BCUT2D eigenvalue weighted by atomic mass is 9.77. The van der Waals surface area contributed by atoms with Crippen LogP contribution in [0.5, 0.6) is 11.5 Å². The molecule has 2 amide bonds. The summed E-state index contributed by atoms with van der Waals surface area (Å²) in [4.78, 5) is 46.1. The number of halogens is 6. The van der Waals surface area contributed by atoms with E-state index < -0.39 is 68.7 Å². The Morgan fingerprint density at radius 2 is 1.71 bits per heavy atom. The molecule has 3 aliphatic rings. The monoisotopic (exact) mass is 810 g/mol. The van der Waals surface area contributed by atoms with Gasteiger partial charge in [0, 0.05) is 61.0 Å². The number of carboxylic acids is 1. The Kier molecular flexibility index (Phi) is 11.7. The van der Waals surface area contributed by atoms with Gasteiger partial charge in [-0.25, -0.2) is 0 Å². The van der Waals surface area contributed by atoms with E-state index in [1.165, 1.54) is 9.80 Å². The largest absolute Gasteiger partial charge is 0.493 e. The van der Waals surface area contributed by atoms with Gasteiger partial charge < -0.3 is 30.1 Å². The van der Waals surface area contributed by atoms with E-state index in [1.807, 2.05) is 12.1 Å². The van der Waals surface area contributed by atoms with Crippen LogP contribution in [0.25, 0.3) is 0 Å². The first-order valence-electron chi connectivity index (χ1n) is 18.6. The number of nitrogens with zero attached hydrogens (tertiary/aromatic N) is 3. The molecule has 0 bridgehead atoms. The fourth-order valence-electron chi connectivity index (χ4n) is 8.07. The number of thiophene rings is 1. The number of hydrogen-bond acceptors (Lipinski definition) is 8. The summed E-state index contributed by atoms with van der Waals surface area (Å²) < 4.78 is 95.8. The number of para-hydroxylation sites is 1. The zero-order valence-electron chi connectivity index (χ0n) is 30.8. The SMILES string of the molecule is CCC[C@H]1N(C(=O)c2cnccc2C(F)(F)F)CCC[C@@]1(Oc1csc(C(F)(F)F)c1)C(=O)N1CCC(N)(c2ccccc2OCCCC2(C(=O)O)CC2)CC1. The summed E-state index contributed by atoms with van der Waals surface area (Å²) in [5.74, 6) is -2.13. The maximum absolute atomic E-state index is 15.0. The fraction of sp³-hybridized carbons (Fsp3) is 0.538. The van der Waals surface area contributed by atoms with Gasteiger partial charge in [-0.05, 0) is 63.5 Å². The molecule has 1 aliphatic carbocycles. The molecular formula is C39H44F6N4O6S. The summed E-state index contributed by atoms with van der Waals surface area (Å²) in [5, 5.41) is 10.6. The molecule has 4 heterocycles. The number of aliphatic carboxylic acids is 1. The third-order valence-corrected chi connectivity index (χ3v) is 12.2. The number of nitrogens with two attached hydrogens (primary N) is 1. The fourth-order valence-corrected chi connectivity index (χ4v) is 8.74. The molecule has 3 fully saturated rings. The minimum atomic E-state index is -4.88. The summed E-state index contributed by atoms with van der Waals surface area (Å²) in [6.45, 7) is 2.22. The molecule has 1 saturated carbocycles. The molecule has 0 unspecified atom stereocenters. The second-order valence-electron chi connectivity index (χ2n) is 14.9. The average molecular weight is 811 g/mol. The number of aromatic nitrogens is 1. The van der Waals surface area contributed by atoms with Crippen LogP contribution in [-0.4, -0.2) is 75.6 Å². The molecule has 56 heavy (non-hydrogen) atoms. The van der Waals surface area contributed by atoms with Crippen molar-refractivity contribution in [1.82, 2.24) is 14.8 Å². The highest BCUT2D eigenvalue weighted by Gasteiger charge is 2.56. The quantitative estimate of drug-likeness (QED) is 0.132. The van der Waals surface area contributed by atoms with E-state index >= 15 is 0 Å². The smallest absolute Gasteiger partial charge is 0.425 e. The molecule has 17 heteroatoms. The van der Waals surface area contributed by atoms with Crippen molar-refractivity contribution in [2.24, 2.45) is 11.1 Å². The van der Waals surface area contributed by atoms with Crippen LogP contribution in [0.2, 0.25) is 0 Å². The van der Waals surface area contributed by atoms with Crippen molar-refractivity contribution in [2.75, 3.05) is 26.2 Å². The van der Waals surface area contributed by atoms with Crippen LogP contribution in [-0.2, 0) is 27.5 Å². The molecule has 2 saturated heterocycles. The number of benzene rings is 1. The first-order chi connectivity index (χ1) is 26.4. The number of alkyl halides is 6. The lowest BCUT2D eigenvalue weighted by Crippen LogP contribution is -2.69. The predicted molar refractivity (Wildman–Crippen MR) is 193 cm³/mol. The molecule has 304 valence electrons. The lowest BCUT2D eigenvalue weighted by Gasteiger charge is -2.51. The molecule has 6 rings (SSSR count). The summed E-state index contributed by atoms with van der Waals surface area (Å²) in [5.41, 5.74) is 2.23. The third kappa shape index (κ3) is 8.34. The van der Waals surface area contributed by atoms with Crippen molar-refractivity contribution in [2.45, 2.75) is 101 Å². The first kappa shape index (κ1) is 41.3. The minimum absolute atomic E-state index is 0.0131. The highest BCUT2D eigenvalue weighted by atomic mass is 32.1. The van der Waals surface area contributed by atoms with Gasteiger partial charge in [-0.2, -0.15) is 26.3 Å². The van der Waals surface area contributed by atoms with Crippen molar-refractivity contribution in [1.29, 1.82) is 0 Å².